The van der Waals surface area contributed by atoms with Crippen LogP contribution in [0.25, 0.3) is 0 Å². The van der Waals surface area contributed by atoms with Gasteiger partial charge in [0.05, 0.1) is 10.6 Å². The van der Waals surface area contributed by atoms with E-state index in [2.05, 4.69) is 4.98 Å². The first-order chi connectivity index (χ1) is 9.40. The van der Waals surface area contributed by atoms with Crippen LogP contribution < -0.4 is 10.5 Å². The summed E-state index contributed by atoms with van der Waals surface area (Å²) in [5, 5.41) is 0.367. The molecule has 1 heterocycles. The summed E-state index contributed by atoms with van der Waals surface area (Å²) in [7, 11) is 0. The van der Waals surface area contributed by atoms with Gasteiger partial charge in [-0.1, -0.05) is 17.7 Å². The Morgan fingerprint density at radius 2 is 1.95 bits per heavy atom. The minimum atomic E-state index is -4.53. The van der Waals surface area contributed by atoms with Crippen LogP contribution in [0.15, 0.2) is 36.5 Å². The molecule has 0 saturated heterocycles. The molecule has 0 atom stereocenters. The normalized spacial score (nSPS) is 11.4. The molecule has 2 aromatic rings. The molecule has 20 heavy (non-hydrogen) atoms. The van der Waals surface area contributed by atoms with E-state index in [-0.39, 0.29) is 18.2 Å². The lowest BCUT2D eigenvalue weighted by molar-refractivity contribution is -0.138. The number of hydrogen-bond acceptors (Lipinski definition) is 3. The van der Waals surface area contributed by atoms with E-state index in [9.17, 15) is 13.2 Å². The van der Waals surface area contributed by atoms with E-state index >= 15 is 0 Å². The van der Waals surface area contributed by atoms with Crippen molar-refractivity contribution in [1.29, 1.82) is 0 Å². The fourth-order valence-corrected chi connectivity index (χ4v) is 1.66. The molecule has 0 unspecified atom stereocenters. The van der Waals surface area contributed by atoms with Crippen LogP contribution in [0, 0.1) is 0 Å². The molecular weight excluding hydrogens is 293 g/mol. The molecule has 0 radical (unpaired) electrons. The van der Waals surface area contributed by atoms with Gasteiger partial charge >= 0.3 is 6.18 Å². The predicted octanol–water partition coefficient (Wildman–Crippen LogP) is 4.00. The Hall–Kier alpha value is -1.79. The zero-order valence-electron chi connectivity index (χ0n) is 10.1. The van der Waals surface area contributed by atoms with Gasteiger partial charge in [-0.15, -0.1) is 0 Å². The van der Waals surface area contributed by atoms with Crippen LogP contribution in [-0.4, -0.2) is 4.98 Å². The Morgan fingerprint density at radius 3 is 2.50 bits per heavy atom. The molecule has 3 nitrogen and oxygen atoms in total. The van der Waals surface area contributed by atoms with Gasteiger partial charge in [0.25, 0.3) is 0 Å². The van der Waals surface area contributed by atoms with Crippen LogP contribution in [0.1, 0.15) is 11.1 Å². The van der Waals surface area contributed by atoms with Crippen LogP contribution in [0.4, 0.5) is 13.2 Å². The largest absolute Gasteiger partial charge is 0.438 e. The van der Waals surface area contributed by atoms with Gasteiger partial charge in [0.1, 0.15) is 5.75 Å². The van der Waals surface area contributed by atoms with E-state index in [0.717, 1.165) is 6.07 Å². The smallest absolute Gasteiger partial charge is 0.419 e. The van der Waals surface area contributed by atoms with Crippen LogP contribution in [0.2, 0.25) is 5.02 Å². The summed E-state index contributed by atoms with van der Waals surface area (Å²) < 4.78 is 44.1. The summed E-state index contributed by atoms with van der Waals surface area (Å²) >= 11 is 5.65. The number of nitrogens with two attached hydrogens (primary N) is 1. The van der Waals surface area contributed by atoms with Crippen molar-refractivity contribution in [1.82, 2.24) is 4.98 Å². The lowest BCUT2D eigenvalue weighted by Crippen LogP contribution is -2.09. The molecule has 0 aliphatic heterocycles. The Bertz CT molecular complexity index is 600. The zero-order chi connectivity index (χ0) is 14.8. The number of hydrogen-bond donors (Lipinski definition) is 1. The molecule has 7 heteroatoms. The zero-order valence-corrected chi connectivity index (χ0v) is 10.9. The first-order valence-electron chi connectivity index (χ1n) is 5.60. The maximum absolute atomic E-state index is 13.0. The number of ether oxygens (including phenoxy) is 1. The van der Waals surface area contributed by atoms with Crippen molar-refractivity contribution in [3.05, 3.63) is 52.7 Å². The molecule has 0 aliphatic rings. The number of alkyl halides is 3. The van der Waals surface area contributed by atoms with Crippen LogP contribution in [0.3, 0.4) is 0 Å². The predicted molar refractivity (Wildman–Crippen MR) is 68.7 cm³/mol. The number of aromatic nitrogens is 1. The Balaban J connectivity index is 2.38. The molecule has 0 saturated carbocycles. The SMILES string of the molecule is NCc1ccc(Oc2ccc(Cl)cn2)c(C(F)(F)F)c1. The Labute approximate surface area is 118 Å². The van der Waals surface area contributed by atoms with Crippen LogP contribution in [-0.2, 0) is 12.7 Å². The Morgan fingerprint density at radius 1 is 1.20 bits per heavy atom. The van der Waals surface area contributed by atoms with Crippen molar-refractivity contribution in [2.45, 2.75) is 12.7 Å². The van der Waals surface area contributed by atoms with E-state index < -0.39 is 11.7 Å². The highest BCUT2D eigenvalue weighted by molar-refractivity contribution is 6.30. The van der Waals surface area contributed by atoms with E-state index in [1.165, 1.54) is 30.5 Å². The maximum atomic E-state index is 13.0. The quantitative estimate of drug-likeness (QED) is 0.932. The second-order valence-corrected chi connectivity index (χ2v) is 4.39. The molecule has 1 aromatic carbocycles. The van der Waals surface area contributed by atoms with E-state index in [4.69, 9.17) is 22.1 Å². The molecule has 0 bridgehead atoms. The number of nitrogens with zero attached hydrogens (tertiary/aromatic N) is 1. The molecule has 2 N–H and O–H groups in total. The molecular formula is C13H10ClF3N2O. The second kappa shape index (κ2) is 5.68. The van der Waals surface area contributed by atoms with Crippen molar-refractivity contribution < 1.29 is 17.9 Å². The number of halogens is 4. The van der Waals surface area contributed by atoms with E-state index in [0.29, 0.717) is 10.6 Å². The number of rotatable bonds is 3. The first-order valence-corrected chi connectivity index (χ1v) is 5.97. The third kappa shape index (κ3) is 3.40. The second-order valence-electron chi connectivity index (χ2n) is 3.95. The fraction of sp³-hybridized carbons (Fsp3) is 0.154. The lowest BCUT2D eigenvalue weighted by atomic mass is 10.1. The van der Waals surface area contributed by atoms with Gasteiger partial charge in [-0.2, -0.15) is 13.2 Å². The van der Waals surface area contributed by atoms with Crippen molar-refractivity contribution in [3.8, 4) is 11.6 Å². The summed E-state index contributed by atoms with van der Waals surface area (Å²) in [5.74, 6) is -0.301. The van der Waals surface area contributed by atoms with Crippen molar-refractivity contribution in [2.75, 3.05) is 0 Å². The summed E-state index contributed by atoms with van der Waals surface area (Å²) in [6, 6.07) is 6.53. The lowest BCUT2D eigenvalue weighted by Gasteiger charge is -2.14. The summed E-state index contributed by atoms with van der Waals surface area (Å²) in [6.45, 7) is 0.0164. The minimum Gasteiger partial charge on any atom is -0.438 e. The van der Waals surface area contributed by atoms with Gasteiger partial charge in [-0.25, -0.2) is 4.98 Å². The van der Waals surface area contributed by atoms with Crippen molar-refractivity contribution in [3.63, 3.8) is 0 Å². The van der Waals surface area contributed by atoms with Gasteiger partial charge in [0.15, 0.2) is 0 Å². The molecule has 1 aromatic heterocycles. The standard InChI is InChI=1S/C13H10ClF3N2O/c14-9-2-4-12(19-7-9)20-11-3-1-8(6-18)5-10(11)13(15,16)17/h1-5,7H,6,18H2. The summed E-state index contributed by atoms with van der Waals surface area (Å²) in [5.41, 5.74) is 4.82. The van der Waals surface area contributed by atoms with E-state index in [1.807, 2.05) is 0 Å². The third-order valence-electron chi connectivity index (χ3n) is 2.50. The Kier molecular flexibility index (Phi) is 4.15. The highest BCUT2D eigenvalue weighted by Crippen LogP contribution is 2.38. The molecule has 2 rings (SSSR count). The average Bonchev–Trinajstić information content (AvgIpc) is 2.40. The first kappa shape index (κ1) is 14.6. The maximum Gasteiger partial charge on any atom is 0.419 e. The van der Waals surface area contributed by atoms with Gasteiger partial charge < -0.3 is 10.5 Å². The molecule has 0 spiro atoms. The van der Waals surface area contributed by atoms with Crippen molar-refractivity contribution >= 4 is 11.6 Å². The third-order valence-corrected chi connectivity index (χ3v) is 2.72. The van der Waals surface area contributed by atoms with Crippen LogP contribution in [0.5, 0.6) is 11.6 Å². The monoisotopic (exact) mass is 302 g/mol. The van der Waals surface area contributed by atoms with Gasteiger partial charge in [0.2, 0.25) is 5.88 Å². The number of pyridine rings is 1. The highest BCUT2D eigenvalue weighted by atomic mass is 35.5. The summed E-state index contributed by atoms with van der Waals surface area (Å²) in [4.78, 5) is 3.79. The van der Waals surface area contributed by atoms with Gasteiger partial charge in [-0.3, -0.25) is 0 Å². The number of benzene rings is 1. The van der Waals surface area contributed by atoms with Crippen molar-refractivity contribution in [2.24, 2.45) is 5.73 Å². The average molecular weight is 303 g/mol. The molecule has 0 amide bonds. The molecule has 0 fully saturated rings. The molecule has 106 valence electrons. The highest BCUT2D eigenvalue weighted by Gasteiger charge is 2.34. The molecule has 0 aliphatic carbocycles. The topological polar surface area (TPSA) is 48.1 Å². The van der Waals surface area contributed by atoms with E-state index in [1.54, 1.807) is 0 Å². The summed E-state index contributed by atoms with van der Waals surface area (Å²) in [6.07, 6.45) is -3.24. The minimum absolute atomic E-state index is 0.0164. The fourth-order valence-electron chi connectivity index (χ4n) is 1.55. The van der Waals surface area contributed by atoms with Gasteiger partial charge in [0, 0.05) is 18.8 Å². The van der Waals surface area contributed by atoms with Crippen LogP contribution >= 0.6 is 11.6 Å². The van der Waals surface area contributed by atoms with Gasteiger partial charge in [-0.05, 0) is 23.8 Å².